The fraction of sp³-hybridized carbons (Fsp3) is 1.00. The van der Waals surface area contributed by atoms with Crippen LogP contribution in [0.2, 0.25) is 0 Å². The molecule has 0 radical (unpaired) electrons. The van der Waals surface area contributed by atoms with Gasteiger partial charge in [-0.25, -0.2) is 0 Å². The Balaban J connectivity index is 2.11. The van der Waals surface area contributed by atoms with Gasteiger partial charge in [-0.3, -0.25) is 4.90 Å². The van der Waals surface area contributed by atoms with Gasteiger partial charge in [0, 0.05) is 25.2 Å². The summed E-state index contributed by atoms with van der Waals surface area (Å²) in [5.41, 5.74) is 0. The van der Waals surface area contributed by atoms with Gasteiger partial charge in [-0.2, -0.15) is 0 Å². The predicted molar refractivity (Wildman–Crippen MR) is 81.1 cm³/mol. The van der Waals surface area contributed by atoms with E-state index >= 15 is 0 Å². The Morgan fingerprint density at radius 2 is 1.78 bits per heavy atom. The molecule has 0 aliphatic heterocycles. The average Bonchev–Trinajstić information content (AvgIpc) is 2.38. The van der Waals surface area contributed by atoms with Crippen LogP contribution in [0.5, 0.6) is 0 Å². The van der Waals surface area contributed by atoms with Crippen molar-refractivity contribution in [3.8, 4) is 0 Å². The second kappa shape index (κ2) is 9.80. The standard InChI is InChI=1S/C16H34N2/c1-4-5-9-13-18(15(2)3)14-12-17-16-10-7-6-8-11-16/h15-17H,4-14H2,1-3H3. The first-order valence-electron chi connectivity index (χ1n) is 8.21. The molecule has 0 aromatic rings. The molecule has 0 spiro atoms. The van der Waals surface area contributed by atoms with E-state index in [1.54, 1.807) is 0 Å². The van der Waals surface area contributed by atoms with Gasteiger partial charge in [-0.05, 0) is 39.7 Å². The highest BCUT2D eigenvalue weighted by molar-refractivity contribution is 4.73. The Morgan fingerprint density at radius 3 is 2.39 bits per heavy atom. The van der Waals surface area contributed by atoms with E-state index in [2.05, 4.69) is 31.0 Å². The molecule has 0 saturated heterocycles. The first-order chi connectivity index (χ1) is 8.74. The van der Waals surface area contributed by atoms with Crippen LogP contribution in [0.3, 0.4) is 0 Å². The lowest BCUT2D eigenvalue weighted by atomic mass is 9.95. The minimum atomic E-state index is 0.690. The summed E-state index contributed by atoms with van der Waals surface area (Å²) in [5.74, 6) is 0. The normalized spacial score (nSPS) is 17.8. The Kier molecular flexibility index (Phi) is 8.70. The van der Waals surface area contributed by atoms with Crippen LogP contribution in [0, 0.1) is 0 Å². The highest BCUT2D eigenvalue weighted by Crippen LogP contribution is 2.17. The molecule has 1 N–H and O–H groups in total. The molecule has 1 saturated carbocycles. The van der Waals surface area contributed by atoms with E-state index in [-0.39, 0.29) is 0 Å². The largest absolute Gasteiger partial charge is 0.313 e. The lowest BCUT2D eigenvalue weighted by Crippen LogP contribution is -2.41. The van der Waals surface area contributed by atoms with E-state index in [1.165, 1.54) is 71.0 Å². The zero-order chi connectivity index (χ0) is 13.2. The van der Waals surface area contributed by atoms with Crippen LogP contribution in [-0.4, -0.2) is 36.6 Å². The molecule has 0 amide bonds. The second-order valence-corrected chi connectivity index (χ2v) is 6.13. The van der Waals surface area contributed by atoms with E-state index in [1.807, 2.05) is 0 Å². The molecule has 0 unspecified atom stereocenters. The summed E-state index contributed by atoms with van der Waals surface area (Å²) in [5, 5.41) is 3.76. The minimum absolute atomic E-state index is 0.690. The Hall–Kier alpha value is -0.0800. The van der Waals surface area contributed by atoms with Crippen molar-refractivity contribution in [3.63, 3.8) is 0 Å². The fourth-order valence-electron chi connectivity index (χ4n) is 2.91. The molecule has 18 heavy (non-hydrogen) atoms. The van der Waals surface area contributed by atoms with E-state index in [9.17, 15) is 0 Å². The monoisotopic (exact) mass is 254 g/mol. The van der Waals surface area contributed by atoms with Crippen LogP contribution < -0.4 is 5.32 Å². The third kappa shape index (κ3) is 6.75. The zero-order valence-corrected chi connectivity index (χ0v) is 12.9. The van der Waals surface area contributed by atoms with Crippen LogP contribution in [0.1, 0.15) is 72.1 Å². The average molecular weight is 254 g/mol. The fourth-order valence-corrected chi connectivity index (χ4v) is 2.91. The number of nitrogens with one attached hydrogen (secondary N) is 1. The third-order valence-electron chi connectivity index (χ3n) is 4.22. The maximum atomic E-state index is 3.76. The van der Waals surface area contributed by atoms with Gasteiger partial charge in [0.05, 0.1) is 0 Å². The third-order valence-corrected chi connectivity index (χ3v) is 4.22. The van der Waals surface area contributed by atoms with Gasteiger partial charge in [0.15, 0.2) is 0 Å². The van der Waals surface area contributed by atoms with Crippen molar-refractivity contribution in [1.82, 2.24) is 10.2 Å². The molecule has 2 nitrogen and oxygen atoms in total. The quantitative estimate of drug-likeness (QED) is 0.629. The molecular weight excluding hydrogens is 220 g/mol. The Labute approximate surface area is 115 Å². The molecule has 108 valence electrons. The number of rotatable bonds is 9. The first-order valence-corrected chi connectivity index (χ1v) is 8.21. The summed E-state index contributed by atoms with van der Waals surface area (Å²) in [6.45, 7) is 10.6. The van der Waals surface area contributed by atoms with Crippen molar-refractivity contribution < 1.29 is 0 Å². The van der Waals surface area contributed by atoms with Crippen LogP contribution in [0.4, 0.5) is 0 Å². The van der Waals surface area contributed by atoms with Crippen molar-refractivity contribution >= 4 is 0 Å². The number of unbranched alkanes of at least 4 members (excludes halogenated alkanes) is 2. The van der Waals surface area contributed by atoms with Crippen molar-refractivity contribution in [2.75, 3.05) is 19.6 Å². The Morgan fingerprint density at radius 1 is 1.06 bits per heavy atom. The molecule has 0 bridgehead atoms. The van der Waals surface area contributed by atoms with Crippen molar-refractivity contribution in [3.05, 3.63) is 0 Å². The van der Waals surface area contributed by atoms with Gasteiger partial charge in [0.1, 0.15) is 0 Å². The number of nitrogens with zero attached hydrogens (tertiary/aromatic N) is 1. The van der Waals surface area contributed by atoms with Crippen LogP contribution >= 0.6 is 0 Å². The van der Waals surface area contributed by atoms with E-state index < -0.39 is 0 Å². The number of hydrogen-bond donors (Lipinski definition) is 1. The van der Waals surface area contributed by atoms with Gasteiger partial charge in [-0.1, -0.05) is 39.0 Å². The highest BCUT2D eigenvalue weighted by Gasteiger charge is 2.13. The SMILES string of the molecule is CCCCCN(CCNC1CCCCC1)C(C)C. The second-order valence-electron chi connectivity index (χ2n) is 6.13. The molecule has 0 aromatic heterocycles. The maximum Gasteiger partial charge on any atom is 0.0110 e. The van der Waals surface area contributed by atoms with Crippen LogP contribution in [0.25, 0.3) is 0 Å². The van der Waals surface area contributed by atoms with Crippen molar-refractivity contribution in [2.45, 2.75) is 84.2 Å². The smallest absolute Gasteiger partial charge is 0.0110 e. The number of hydrogen-bond acceptors (Lipinski definition) is 2. The summed E-state index contributed by atoms with van der Waals surface area (Å²) in [4.78, 5) is 2.63. The highest BCUT2D eigenvalue weighted by atomic mass is 15.2. The summed E-state index contributed by atoms with van der Waals surface area (Å²) < 4.78 is 0. The van der Waals surface area contributed by atoms with Gasteiger partial charge < -0.3 is 5.32 Å². The topological polar surface area (TPSA) is 15.3 Å². The zero-order valence-electron chi connectivity index (χ0n) is 12.9. The molecule has 0 atom stereocenters. The molecule has 1 aliphatic carbocycles. The maximum absolute atomic E-state index is 3.76. The summed E-state index contributed by atoms with van der Waals surface area (Å²) >= 11 is 0. The van der Waals surface area contributed by atoms with Crippen LogP contribution in [0.15, 0.2) is 0 Å². The van der Waals surface area contributed by atoms with Gasteiger partial charge >= 0.3 is 0 Å². The molecule has 2 heteroatoms. The van der Waals surface area contributed by atoms with Gasteiger partial charge in [-0.15, -0.1) is 0 Å². The molecule has 0 aromatic carbocycles. The van der Waals surface area contributed by atoms with Crippen LogP contribution in [-0.2, 0) is 0 Å². The summed E-state index contributed by atoms with van der Waals surface area (Å²) in [7, 11) is 0. The van der Waals surface area contributed by atoms with Crippen molar-refractivity contribution in [1.29, 1.82) is 0 Å². The molecule has 1 fully saturated rings. The minimum Gasteiger partial charge on any atom is -0.313 e. The van der Waals surface area contributed by atoms with E-state index in [4.69, 9.17) is 0 Å². The summed E-state index contributed by atoms with van der Waals surface area (Å²) in [6.07, 6.45) is 11.2. The van der Waals surface area contributed by atoms with Crippen molar-refractivity contribution in [2.24, 2.45) is 0 Å². The summed E-state index contributed by atoms with van der Waals surface area (Å²) in [6, 6.07) is 1.50. The first kappa shape index (κ1) is 16.0. The molecule has 1 rings (SSSR count). The van der Waals surface area contributed by atoms with Gasteiger partial charge in [0.2, 0.25) is 0 Å². The lowest BCUT2D eigenvalue weighted by molar-refractivity contribution is 0.211. The lowest BCUT2D eigenvalue weighted by Gasteiger charge is -2.29. The van der Waals surface area contributed by atoms with E-state index in [0.29, 0.717) is 6.04 Å². The Bertz CT molecular complexity index is 186. The van der Waals surface area contributed by atoms with E-state index in [0.717, 1.165) is 6.04 Å². The van der Waals surface area contributed by atoms with Gasteiger partial charge in [0.25, 0.3) is 0 Å². The molecule has 0 heterocycles. The molecule has 1 aliphatic rings. The predicted octanol–water partition coefficient (Wildman–Crippen LogP) is 3.81. The molecular formula is C16H34N2.